The van der Waals surface area contributed by atoms with Crippen LogP contribution in [-0.4, -0.2) is 20.4 Å². The Labute approximate surface area is 142 Å². The highest BCUT2D eigenvalue weighted by atomic mass is 32.2. The molecule has 1 aromatic rings. The highest BCUT2D eigenvalue weighted by Gasteiger charge is 2.60. The number of sulfonamides is 1. The Hall–Kier alpha value is -1.92. The summed E-state index contributed by atoms with van der Waals surface area (Å²) in [7, 11) is -3.74. The van der Waals surface area contributed by atoms with Crippen LogP contribution in [0.3, 0.4) is 0 Å². The minimum absolute atomic E-state index is 0.00260. The van der Waals surface area contributed by atoms with Crippen LogP contribution in [0.2, 0.25) is 0 Å². The van der Waals surface area contributed by atoms with Crippen molar-refractivity contribution >= 4 is 15.9 Å². The van der Waals surface area contributed by atoms with Crippen LogP contribution in [0.25, 0.3) is 0 Å². The Bertz CT molecular complexity index is 807. The Morgan fingerprint density at radius 3 is 2.42 bits per heavy atom. The molecule has 1 aromatic carbocycles. The van der Waals surface area contributed by atoms with E-state index in [0.29, 0.717) is 17.4 Å². The molecule has 0 saturated heterocycles. The zero-order valence-electron chi connectivity index (χ0n) is 13.8. The van der Waals surface area contributed by atoms with Crippen LogP contribution in [0.15, 0.2) is 53.5 Å². The summed E-state index contributed by atoms with van der Waals surface area (Å²) >= 11 is 0. The largest absolute Gasteiger partial charge is 0.348 e. The van der Waals surface area contributed by atoms with Crippen LogP contribution in [0.1, 0.15) is 30.6 Å². The van der Waals surface area contributed by atoms with Gasteiger partial charge in [-0.1, -0.05) is 38.2 Å². The molecule has 0 aliphatic heterocycles. The fourth-order valence-corrected chi connectivity index (χ4v) is 4.15. The molecule has 3 N–H and O–H groups in total. The van der Waals surface area contributed by atoms with E-state index in [4.69, 9.17) is 5.14 Å². The van der Waals surface area contributed by atoms with Gasteiger partial charge in [0.05, 0.1) is 4.90 Å². The van der Waals surface area contributed by atoms with Crippen molar-refractivity contribution in [1.82, 2.24) is 5.32 Å². The molecule has 2 aliphatic rings. The number of benzene rings is 1. The van der Waals surface area contributed by atoms with Gasteiger partial charge in [0.25, 0.3) is 5.91 Å². The average molecular weight is 346 g/mol. The molecule has 0 aromatic heterocycles. The monoisotopic (exact) mass is 346 g/mol. The smallest absolute Gasteiger partial charge is 0.251 e. The molecule has 1 fully saturated rings. The predicted octanol–water partition coefficient (Wildman–Crippen LogP) is 2.22. The second-order valence-corrected chi connectivity index (χ2v) is 8.64. The lowest BCUT2D eigenvalue weighted by Crippen LogP contribution is -2.29. The topological polar surface area (TPSA) is 89.3 Å². The number of nitrogens with two attached hydrogens (primary N) is 1. The van der Waals surface area contributed by atoms with Crippen molar-refractivity contribution in [3.05, 3.63) is 54.1 Å². The fraction of sp³-hybridized carbons (Fsp3) is 0.389. The standard InChI is InChI=1S/C18H22N2O3S/c1-18(2)15(12-6-4-3-5-7-12)16(18)20-17(21)13-8-10-14(11-9-13)24(19,22)23/h3-6,8-12,15-16H,7H2,1-2H3,(H,20,21)(H2,19,22,23)/t12?,15-,16-/m0/s1. The molecule has 1 unspecified atom stereocenters. The average Bonchev–Trinajstić information content (AvgIpc) is 3.08. The van der Waals surface area contributed by atoms with E-state index in [1.807, 2.05) is 6.08 Å². The van der Waals surface area contributed by atoms with Crippen LogP contribution in [0.4, 0.5) is 0 Å². The minimum atomic E-state index is -3.74. The van der Waals surface area contributed by atoms with E-state index in [2.05, 4.69) is 37.4 Å². The molecular formula is C18H22N2O3S. The van der Waals surface area contributed by atoms with E-state index in [-0.39, 0.29) is 22.3 Å². The molecule has 0 spiro atoms. The summed E-state index contributed by atoms with van der Waals surface area (Å²) in [5.41, 5.74) is 0.485. The minimum Gasteiger partial charge on any atom is -0.348 e. The Morgan fingerprint density at radius 2 is 1.88 bits per heavy atom. The summed E-state index contributed by atoms with van der Waals surface area (Å²) in [5, 5.41) is 8.16. The number of primary sulfonamides is 1. The molecule has 3 rings (SSSR count). The van der Waals surface area contributed by atoms with Gasteiger partial charge in [-0.25, -0.2) is 13.6 Å². The molecule has 128 valence electrons. The maximum atomic E-state index is 12.4. The molecular weight excluding hydrogens is 324 g/mol. The lowest BCUT2D eigenvalue weighted by atomic mass is 9.91. The van der Waals surface area contributed by atoms with Gasteiger partial charge in [-0.15, -0.1) is 0 Å². The lowest BCUT2D eigenvalue weighted by Gasteiger charge is -2.14. The van der Waals surface area contributed by atoms with Gasteiger partial charge >= 0.3 is 0 Å². The fourth-order valence-electron chi connectivity index (χ4n) is 3.64. The van der Waals surface area contributed by atoms with E-state index >= 15 is 0 Å². The van der Waals surface area contributed by atoms with Crippen LogP contribution < -0.4 is 10.5 Å². The summed E-state index contributed by atoms with van der Waals surface area (Å²) in [6.07, 6.45) is 9.48. The number of hydrogen-bond acceptors (Lipinski definition) is 3. The summed E-state index contributed by atoms with van der Waals surface area (Å²) < 4.78 is 22.5. The van der Waals surface area contributed by atoms with Crippen LogP contribution in [0, 0.1) is 17.3 Å². The van der Waals surface area contributed by atoms with Crippen molar-refractivity contribution in [2.24, 2.45) is 22.4 Å². The van der Waals surface area contributed by atoms with Crippen LogP contribution >= 0.6 is 0 Å². The van der Waals surface area contributed by atoms with Crippen LogP contribution in [-0.2, 0) is 10.0 Å². The number of carbonyl (C=O) groups excluding carboxylic acids is 1. The zero-order chi connectivity index (χ0) is 17.5. The van der Waals surface area contributed by atoms with Crippen molar-refractivity contribution in [3.8, 4) is 0 Å². The first-order valence-corrected chi connectivity index (χ1v) is 9.53. The maximum absolute atomic E-state index is 12.4. The van der Waals surface area contributed by atoms with Gasteiger partial charge in [-0.05, 0) is 47.9 Å². The van der Waals surface area contributed by atoms with Crippen LogP contribution in [0.5, 0.6) is 0 Å². The second kappa shape index (κ2) is 5.86. The first kappa shape index (κ1) is 16.9. The van der Waals surface area contributed by atoms with Crippen molar-refractivity contribution in [2.75, 3.05) is 0 Å². The SMILES string of the molecule is CC1(C)[C@@H](NC(=O)c2ccc(S(N)(=O)=O)cc2)[C@@H]1C1C=CC=CC1. The third kappa shape index (κ3) is 3.16. The molecule has 5 nitrogen and oxygen atoms in total. The van der Waals surface area contributed by atoms with Crippen molar-refractivity contribution in [2.45, 2.75) is 31.2 Å². The molecule has 0 radical (unpaired) electrons. The van der Waals surface area contributed by atoms with Crippen molar-refractivity contribution < 1.29 is 13.2 Å². The first-order valence-electron chi connectivity index (χ1n) is 7.98. The summed E-state index contributed by atoms with van der Waals surface area (Å²) in [6.45, 7) is 4.33. The van der Waals surface area contributed by atoms with E-state index in [9.17, 15) is 13.2 Å². The maximum Gasteiger partial charge on any atom is 0.251 e. The Kier molecular flexibility index (Phi) is 4.13. The Morgan fingerprint density at radius 1 is 1.21 bits per heavy atom. The number of allylic oxidation sites excluding steroid dienone is 4. The van der Waals surface area contributed by atoms with Gasteiger partial charge in [-0.2, -0.15) is 0 Å². The van der Waals surface area contributed by atoms with Gasteiger partial charge in [0, 0.05) is 11.6 Å². The quantitative estimate of drug-likeness (QED) is 0.876. The third-order valence-electron chi connectivity index (χ3n) is 5.12. The molecule has 1 saturated carbocycles. The van der Waals surface area contributed by atoms with Gasteiger partial charge < -0.3 is 5.32 Å². The van der Waals surface area contributed by atoms with Gasteiger partial charge in [0.15, 0.2) is 0 Å². The zero-order valence-corrected chi connectivity index (χ0v) is 14.6. The third-order valence-corrected chi connectivity index (χ3v) is 6.05. The van der Waals surface area contributed by atoms with E-state index in [1.165, 1.54) is 24.3 Å². The highest BCUT2D eigenvalue weighted by molar-refractivity contribution is 7.89. The number of hydrogen-bond donors (Lipinski definition) is 2. The predicted molar refractivity (Wildman–Crippen MR) is 92.7 cm³/mol. The number of nitrogens with one attached hydrogen (secondary N) is 1. The van der Waals surface area contributed by atoms with Crippen molar-refractivity contribution in [1.29, 1.82) is 0 Å². The Balaban J connectivity index is 1.69. The number of carbonyl (C=O) groups is 1. The lowest BCUT2D eigenvalue weighted by molar-refractivity contribution is 0.0944. The van der Waals surface area contributed by atoms with Gasteiger partial charge in [0.1, 0.15) is 0 Å². The molecule has 0 heterocycles. The van der Waals surface area contributed by atoms with E-state index in [0.717, 1.165) is 6.42 Å². The second-order valence-electron chi connectivity index (χ2n) is 7.08. The molecule has 2 aliphatic carbocycles. The van der Waals surface area contributed by atoms with Gasteiger partial charge in [-0.3, -0.25) is 4.79 Å². The van der Waals surface area contributed by atoms with E-state index < -0.39 is 10.0 Å². The molecule has 6 heteroatoms. The first-order chi connectivity index (χ1) is 11.2. The summed E-state index contributed by atoms with van der Waals surface area (Å²) in [5.74, 6) is 0.665. The molecule has 24 heavy (non-hydrogen) atoms. The summed E-state index contributed by atoms with van der Waals surface area (Å²) in [6, 6.07) is 5.80. The molecule has 0 bridgehead atoms. The number of amides is 1. The van der Waals surface area contributed by atoms with E-state index in [1.54, 1.807) is 0 Å². The summed E-state index contributed by atoms with van der Waals surface area (Å²) in [4.78, 5) is 12.5. The van der Waals surface area contributed by atoms with Gasteiger partial charge in [0.2, 0.25) is 10.0 Å². The van der Waals surface area contributed by atoms with Crippen molar-refractivity contribution in [3.63, 3.8) is 0 Å². The number of rotatable bonds is 4. The highest BCUT2D eigenvalue weighted by Crippen LogP contribution is 2.57. The molecule has 1 amide bonds. The normalized spacial score (nSPS) is 27.7. The molecule has 3 atom stereocenters.